The third kappa shape index (κ3) is 3.81. The lowest BCUT2D eigenvalue weighted by Gasteiger charge is -2.30. The predicted molar refractivity (Wildman–Crippen MR) is 80.6 cm³/mol. The molecular weight excluding hydrogens is 306 g/mol. The molecule has 106 valence electrons. The number of hydrogen-bond donors (Lipinski definition) is 1. The van der Waals surface area contributed by atoms with Gasteiger partial charge in [0.15, 0.2) is 0 Å². The Hall–Kier alpha value is -0.840. The normalized spacial score (nSPS) is 18.1. The minimum absolute atomic E-state index is 0.464. The van der Waals surface area contributed by atoms with Crippen LogP contribution in [0.15, 0.2) is 10.7 Å². The minimum atomic E-state index is 0.464. The van der Waals surface area contributed by atoms with Gasteiger partial charge >= 0.3 is 0 Å². The van der Waals surface area contributed by atoms with Crippen LogP contribution in [0.4, 0.5) is 5.95 Å². The van der Waals surface area contributed by atoms with E-state index in [1.54, 1.807) is 13.3 Å². The number of rotatable bonds is 5. The first-order chi connectivity index (χ1) is 9.24. The fourth-order valence-corrected chi connectivity index (χ4v) is 3.17. The van der Waals surface area contributed by atoms with E-state index in [9.17, 15) is 0 Å². The molecule has 0 saturated heterocycles. The molecule has 0 aliphatic heterocycles. The highest BCUT2D eigenvalue weighted by atomic mass is 79.9. The molecule has 0 bridgehead atoms. The molecule has 1 atom stereocenters. The van der Waals surface area contributed by atoms with Crippen LogP contribution in [0.3, 0.4) is 0 Å². The van der Waals surface area contributed by atoms with Gasteiger partial charge in [-0.2, -0.15) is 4.98 Å². The molecule has 1 N–H and O–H groups in total. The maximum atomic E-state index is 5.21. The first-order valence-electron chi connectivity index (χ1n) is 7.07. The van der Waals surface area contributed by atoms with Gasteiger partial charge in [0.25, 0.3) is 0 Å². The molecule has 2 rings (SSSR count). The molecule has 1 unspecified atom stereocenters. The molecule has 0 radical (unpaired) electrons. The molecular formula is C14H22BrN3O. The predicted octanol–water partition coefficient (Wildman–Crippen LogP) is 4.02. The van der Waals surface area contributed by atoms with Gasteiger partial charge in [0.1, 0.15) is 0 Å². The maximum absolute atomic E-state index is 5.21. The Morgan fingerprint density at radius 3 is 2.79 bits per heavy atom. The zero-order chi connectivity index (χ0) is 13.7. The van der Waals surface area contributed by atoms with Crippen molar-refractivity contribution in [1.82, 2.24) is 9.97 Å². The summed E-state index contributed by atoms with van der Waals surface area (Å²) >= 11 is 3.37. The number of anilines is 1. The summed E-state index contributed by atoms with van der Waals surface area (Å²) in [7, 11) is 1.62. The average molecular weight is 328 g/mol. The number of aromatic nitrogens is 2. The minimum Gasteiger partial charge on any atom is -0.480 e. The molecule has 19 heavy (non-hydrogen) atoms. The van der Waals surface area contributed by atoms with Crippen LogP contribution in [-0.4, -0.2) is 23.1 Å². The van der Waals surface area contributed by atoms with Crippen molar-refractivity contribution >= 4 is 21.9 Å². The molecule has 0 spiro atoms. The van der Waals surface area contributed by atoms with Gasteiger partial charge in [0.05, 0.1) is 17.8 Å². The van der Waals surface area contributed by atoms with Crippen molar-refractivity contribution in [3.8, 4) is 5.88 Å². The van der Waals surface area contributed by atoms with Gasteiger partial charge in [-0.15, -0.1) is 0 Å². The summed E-state index contributed by atoms with van der Waals surface area (Å²) in [6.07, 6.45) is 9.57. The van der Waals surface area contributed by atoms with Crippen LogP contribution in [0.25, 0.3) is 0 Å². The Balaban J connectivity index is 2.04. The zero-order valence-corrected chi connectivity index (χ0v) is 13.2. The van der Waals surface area contributed by atoms with Crippen molar-refractivity contribution < 1.29 is 4.74 Å². The average Bonchev–Trinajstić information content (AvgIpc) is 2.47. The Morgan fingerprint density at radius 2 is 2.16 bits per heavy atom. The SMILES string of the molecule is CCC(Nc1ncc(Br)c(OC)n1)C1CCCCC1. The van der Waals surface area contributed by atoms with E-state index in [1.165, 1.54) is 32.1 Å². The van der Waals surface area contributed by atoms with E-state index in [2.05, 4.69) is 38.1 Å². The lowest BCUT2D eigenvalue weighted by molar-refractivity contribution is 0.312. The van der Waals surface area contributed by atoms with Gasteiger partial charge in [-0.1, -0.05) is 26.2 Å². The van der Waals surface area contributed by atoms with E-state index in [4.69, 9.17) is 4.74 Å². The Kier molecular flexibility index (Phi) is 5.43. The fourth-order valence-electron chi connectivity index (χ4n) is 2.82. The standard InChI is InChI=1S/C14H22BrN3O/c1-3-12(10-7-5-4-6-8-10)17-14-16-9-11(15)13(18-14)19-2/h9-10,12H,3-8H2,1-2H3,(H,16,17,18). The van der Waals surface area contributed by atoms with Crippen LogP contribution in [-0.2, 0) is 0 Å². The van der Waals surface area contributed by atoms with Gasteiger partial charge in [-0.05, 0) is 41.1 Å². The van der Waals surface area contributed by atoms with Crippen molar-refractivity contribution in [3.05, 3.63) is 10.7 Å². The monoisotopic (exact) mass is 327 g/mol. The lowest BCUT2D eigenvalue weighted by Crippen LogP contribution is -2.30. The molecule has 4 nitrogen and oxygen atoms in total. The second kappa shape index (κ2) is 7.08. The van der Waals surface area contributed by atoms with E-state index >= 15 is 0 Å². The summed E-state index contributed by atoms with van der Waals surface area (Å²) in [5, 5.41) is 3.48. The van der Waals surface area contributed by atoms with Gasteiger partial charge in [-0.3, -0.25) is 0 Å². The molecule has 1 aromatic rings. The number of hydrogen-bond acceptors (Lipinski definition) is 4. The Labute approximate surface area is 123 Å². The molecule has 1 fully saturated rings. The molecule has 5 heteroatoms. The lowest BCUT2D eigenvalue weighted by atomic mass is 9.83. The highest BCUT2D eigenvalue weighted by molar-refractivity contribution is 9.10. The van der Waals surface area contributed by atoms with E-state index in [0.717, 1.165) is 16.8 Å². The van der Waals surface area contributed by atoms with Crippen molar-refractivity contribution in [3.63, 3.8) is 0 Å². The number of ether oxygens (including phenoxy) is 1. The second-order valence-corrected chi connectivity index (χ2v) is 5.96. The molecule has 1 heterocycles. The van der Waals surface area contributed by atoms with E-state index < -0.39 is 0 Å². The van der Waals surface area contributed by atoms with Gasteiger partial charge < -0.3 is 10.1 Å². The van der Waals surface area contributed by atoms with E-state index in [1.807, 2.05) is 0 Å². The highest BCUT2D eigenvalue weighted by Gasteiger charge is 2.23. The van der Waals surface area contributed by atoms with E-state index in [-0.39, 0.29) is 0 Å². The number of halogens is 1. The largest absolute Gasteiger partial charge is 0.480 e. The van der Waals surface area contributed by atoms with Crippen LogP contribution in [0, 0.1) is 5.92 Å². The van der Waals surface area contributed by atoms with Crippen LogP contribution in [0.5, 0.6) is 5.88 Å². The summed E-state index contributed by atoms with van der Waals surface area (Å²) in [5.41, 5.74) is 0. The molecule has 1 aromatic heterocycles. The first-order valence-corrected chi connectivity index (χ1v) is 7.87. The van der Waals surface area contributed by atoms with Gasteiger partial charge in [-0.25, -0.2) is 4.98 Å². The number of methoxy groups -OCH3 is 1. The highest BCUT2D eigenvalue weighted by Crippen LogP contribution is 2.29. The van der Waals surface area contributed by atoms with Crippen molar-refractivity contribution in [1.29, 1.82) is 0 Å². The van der Waals surface area contributed by atoms with Crippen LogP contribution < -0.4 is 10.1 Å². The quantitative estimate of drug-likeness (QED) is 0.887. The third-order valence-electron chi connectivity index (χ3n) is 3.88. The Bertz CT molecular complexity index is 408. The second-order valence-electron chi connectivity index (χ2n) is 5.11. The van der Waals surface area contributed by atoms with Crippen molar-refractivity contribution in [2.75, 3.05) is 12.4 Å². The maximum Gasteiger partial charge on any atom is 0.232 e. The summed E-state index contributed by atoms with van der Waals surface area (Å²) in [6.45, 7) is 2.22. The smallest absolute Gasteiger partial charge is 0.232 e. The zero-order valence-electron chi connectivity index (χ0n) is 11.7. The first kappa shape index (κ1) is 14.6. The van der Waals surface area contributed by atoms with Crippen LogP contribution >= 0.6 is 15.9 Å². The molecule has 0 amide bonds. The molecule has 0 aromatic carbocycles. The molecule has 1 aliphatic carbocycles. The summed E-state index contributed by atoms with van der Waals surface area (Å²) < 4.78 is 5.99. The third-order valence-corrected chi connectivity index (χ3v) is 4.42. The summed E-state index contributed by atoms with van der Waals surface area (Å²) in [4.78, 5) is 8.70. The summed E-state index contributed by atoms with van der Waals surface area (Å²) in [5.74, 6) is 1.99. The van der Waals surface area contributed by atoms with Gasteiger partial charge in [0.2, 0.25) is 11.8 Å². The Morgan fingerprint density at radius 1 is 1.42 bits per heavy atom. The molecule has 1 aliphatic rings. The van der Waals surface area contributed by atoms with Crippen molar-refractivity contribution in [2.24, 2.45) is 5.92 Å². The fraction of sp³-hybridized carbons (Fsp3) is 0.714. The van der Waals surface area contributed by atoms with E-state index in [0.29, 0.717) is 17.9 Å². The van der Waals surface area contributed by atoms with Crippen molar-refractivity contribution in [2.45, 2.75) is 51.5 Å². The molecule has 1 saturated carbocycles. The van der Waals surface area contributed by atoms with Crippen LogP contribution in [0.2, 0.25) is 0 Å². The van der Waals surface area contributed by atoms with Crippen LogP contribution in [0.1, 0.15) is 45.4 Å². The number of nitrogens with zero attached hydrogens (tertiary/aromatic N) is 2. The summed E-state index contributed by atoms with van der Waals surface area (Å²) in [6, 6.07) is 0.464. The number of nitrogens with one attached hydrogen (secondary N) is 1. The topological polar surface area (TPSA) is 47.0 Å². The van der Waals surface area contributed by atoms with Gasteiger partial charge in [0, 0.05) is 6.04 Å².